The van der Waals surface area contributed by atoms with Gasteiger partial charge < -0.3 is 9.31 Å². The average molecular weight is 128 g/mol. The highest BCUT2D eigenvalue weighted by Gasteiger charge is 2.09. The molecule has 0 aliphatic carbocycles. The normalized spacial score (nSPS) is 10.6. The zero-order valence-corrected chi connectivity index (χ0v) is 6.26. The van der Waals surface area contributed by atoms with Gasteiger partial charge in [-0.15, -0.1) is 0 Å². The van der Waals surface area contributed by atoms with Gasteiger partial charge in [0, 0.05) is 20.5 Å². The molecule has 0 aliphatic heterocycles. The molecule has 0 fully saturated rings. The molecule has 2 nitrogen and oxygen atoms in total. The maximum Gasteiger partial charge on any atom is 0.460 e. The summed E-state index contributed by atoms with van der Waals surface area (Å²) in [6.07, 6.45) is 4.81. The SMILES string of the molecule is C/C=C\CB(OC)OC. The van der Waals surface area contributed by atoms with Crippen molar-refractivity contribution in [3.05, 3.63) is 12.2 Å². The summed E-state index contributed by atoms with van der Waals surface area (Å²) in [6, 6.07) is 0. The lowest BCUT2D eigenvalue weighted by Gasteiger charge is -2.03. The number of rotatable bonds is 4. The molecule has 0 rings (SSSR count). The smallest absolute Gasteiger partial charge is 0.414 e. The third-order valence-corrected chi connectivity index (χ3v) is 1.09. The first kappa shape index (κ1) is 8.72. The van der Waals surface area contributed by atoms with Crippen LogP contribution in [0, 0.1) is 0 Å². The van der Waals surface area contributed by atoms with Gasteiger partial charge in [-0.05, 0) is 6.92 Å². The molecule has 0 aliphatic rings. The van der Waals surface area contributed by atoms with Crippen LogP contribution >= 0.6 is 0 Å². The Morgan fingerprint density at radius 1 is 1.33 bits per heavy atom. The molecule has 0 aromatic heterocycles. The molecule has 0 aromatic carbocycles. The molecule has 0 aromatic rings. The summed E-state index contributed by atoms with van der Waals surface area (Å²) in [4.78, 5) is 0. The third kappa shape index (κ3) is 4.24. The quantitative estimate of drug-likeness (QED) is 0.420. The topological polar surface area (TPSA) is 18.5 Å². The van der Waals surface area contributed by atoms with E-state index in [0.29, 0.717) is 0 Å². The lowest BCUT2D eigenvalue weighted by molar-refractivity contribution is 0.281. The predicted octanol–water partition coefficient (Wildman–Crippen LogP) is 1.34. The second-order valence-corrected chi connectivity index (χ2v) is 1.71. The first-order valence-corrected chi connectivity index (χ1v) is 3.02. The van der Waals surface area contributed by atoms with Gasteiger partial charge in [-0.2, -0.15) is 0 Å². The number of allylic oxidation sites excluding steroid dienone is 2. The molecule has 0 N–H and O–H groups in total. The van der Waals surface area contributed by atoms with Crippen LogP contribution in [0.1, 0.15) is 6.92 Å². The fourth-order valence-electron chi connectivity index (χ4n) is 0.536. The number of hydrogen-bond acceptors (Lipinski definition) is 2. The molecule has 0 saturated heterocycles. The van der Waals surface area contributed by atoms with Crippen molar-refractivity contribution in [3.63, 3.8) is 0 Å². The van der Waals surface area contributed by atoms with Gasteiger partial charge in [-0.1, -0.05) is 12.2 Å². The largest absolute Gasteiger partial charge is 0.460 e. The van der Waals surface area contributed by atoms with E-state index in [4.69, 9.17) is 9.31 Å². The van der Waals surface area contributed by atoms with E-state index in [1.165, 1.54) is 0 Å². The molecule has 0 spiro atoms. The van der Waals surface area contributed by atoms with Crippen LogP contribution in [0.4, 0.5) is 0 Å². The van der Waals surface area contributed by atoms with Crippen molar-refractivity contribution in [2.75, 3.05) is 14.2 Å². The van der Waals surface area contributed by atoms with E-state index < -0.39 is 0 Å². The van der Waals surface area contributed by atoms with Crippen molar-refractivity contribution < 1.29 is 9.31 Å². The molecular formula is C6H13BO2. The number of hydrogen-bond donors (Lipinski definition) is 0. The predicted molar refractivity (Wildman–Crippen MR) is 39.4 cm³/mol. The summed E-state index contributed by atoms with van der Waals surface area (Å²) in [6.45, 7) is 1.97. The maximum atomic E-state index is 4.93. The van der Waals surface area contributed by atoms with Gasteiger partial charge in [0.05, 0.1) is 0 Å². The van der Waals surface area contributed by atoms with Crippen molar-refractivity contribution in [3.8, 4) is 0 Å². The van der Waals surface area contributed by atoms with Crippen LogP contribution in [0.25, 0.3) is 0 Å². The Bertz CT molecular complexity index is 79.1. The zero-order valence-electron chi connectivity index (χ0n) is 6.26. The van der Waals surface area contributed by atoms with Crippen LogP contribution in [-0.4, -0.2) is 21.3 Å². The summed E-state index contributed by atoms with van der Waals surface area (Å²) in [5.74, 6) is 0. The standard InChI is InChI=1S/C6H13BO2/c1-4-5-6-7(8-2)9-3/h4-5H,6H2,1-3H3/b5-4-. The lowest BCUT2D eigenvalue weighted by atomic mass is 9.85. The Morgan fingerprint density at radius 3 is 2.22 bits per heavy atom. The molecule has 0 heterocycles. The van der Waals surface area contributed by atoms with Crippen LogP contribution in [0.5, 0.6) is 0 Å². The molecule has 0 amide bonds. The Balaban J connectivity index is 3.31. The van der Waals surface area contributed by atoms with Crippen LogP contribution in [0.3, 0.4) is 0 Å². The van der Waals surface area contributed by atoms with Gasteiger partial charge in [0.25, 0.3) is 0 Å². The minimum Gasteiger partial charge on any atom is -0.414 e. The summed E-state index contributed by atoms with van der Waals surface area (Å²) in [5.41, 5.74) is 0. The summed E-state index contributed by atoms with van der Waals surface area (Å²) < 4.78 is 9.86. The maximum absolute atomic E-state index is 4.93. The van der Waals surface area contributed by atoms with Gasteiger partial charge in [0.15, 0.2) is 0 Å². The van der Waals surface area contributed by atoms with Gasteiger partial charge in [-0.25, -0.2) is 0 Å². The first-order chi connectivity index (χ1) is 4.35. The minimum absolute atomic E-state index is 0.0822. The summed E-state index contributed by atoms with van der Waals surface area (Å²) in [7, 11) is 3.19. The van der Waals surface area contributed by atoms with Crippen LogP contribution in [0.2, 0.25) is 6.32 Å². The molecule has 0 unspecified atom stereocenters. The zero-order chi connectivity index (χ0) is 7.11. The van der Waals surface area contributed by atoms with Gasteiger partial charge in [0.2, 0.25) is 0 Å². The van der Waals surface area contributed by atoms with Gasteiger partial charge >= 0.3 is 7.12 Å². The second kappa shape index (κ2) is 5.85. The molecule has 0 saturated carbocycles. The van der Waals surface area contributed by atoms with Crippen LogP contribution in [0.15, 0.2) is 12.2 Å². The van der Waals surface area contributed by atoms with E-state index in [-0.39, 0.29) is 7.12 Å². The molecule has 0 atom stereocenters. The van der Waals surface area contributed by atoms with E-state index in [9.17, 15) is 0 Å². The Labute approximate surface area is 57.0 Å². The fourth-order valence-corrected chi connectivity index (χ4v) is 0.536. The van der Waals surface area contributed by atoms with Crippen LogP contribution in [-0.2, 0) is 9.31 Å². The first-order valence-electron chi connectivity index (χ1n) is 3.02. The van der Waals surface area contributed by atoms with Crippen molar-refractivity contribution >= 4 is 7.12 Å². The molecule has 9 heavy (non-hydrogen) atoms. The van der Waals surface area contributed by atoms with Crippen molar-refractivity contribution in [2.24, 2.45) is 0 Å². The highest BCUT2D eigenvalue weighted by Crippen LogP contribution is 1.94. The van der Waals surface area contributed by atoms with Gasteiger partial charge in [0.1, 0.15) is 0 Å². The van der Waals surface area contributed by atoms with Crippen LogP contribution < -0.4 is 0 Å². The third-order valence-electron chi connectivity index (χ3n) is 1.09. The highest BCUT2D eigenvalue weighted by atomic mass is 16.6. The molecule has 3 heteroatoms. The Morgan fingerprint density at radius 2 is 1.89 bits per heavy atom. The van der Waals surface area contributed by atoms with E-state index in [1.807, 2.05) is 19.1 Å². The molecule has 0 bridgehead atoms. The van der Waals surface area contributed by atoms with Crippen molar-refractivity contribution in [1.82, 2.24) is 0 Å². The second-order valence-electron chi connectivity index (χ2n) is 1.71. The van der Waals surface area contributed by atoms with E-state index in [0.717, 1.165) is 6.32 Å². The fraction of sp³-hybridized carbons (Fsp3) is 0.667. The average Bonchev–Trinajstić information content (AvgIpc) is 1.91. The highest BCUT2D eigenvalue weighted by molar-refractivity contribution is 6.44. The monoisotopic (exact) mass is 128 g/mol. The van der Waals surface area contributed by atoms with E-state index in [1.54, 1.807) is 14.2 Å². The molecule has 0 radical (unpaired) electrons. The van der Waals surface area contributed by atoms with E-state index in [2.05, 4.69) is 0 Å². The molecule has 52 valence electrons. The molecular weight excluding hydrogens is 115 g/mol. The lowest BCUT2D eigenvalue weighted by Crippen LogP contribution is -2.17. The van der Waals surface area contributed by atoms with Gasteiger partial charge in [-0.3, -0.25) is 0 Å². The summed E-state index contributed by atoms with van der Waals surface area (Å²) >= 11 is 0. The summed E-state index contributed by atoms with van der Waals surface area (Å²) in [5, 5.41) is 0. The Kier molecular flexibility index (Phi) is 5.68. The minimum atomic E-state index is -0.0822. The van der Waals surface area contributed by atoms with Crippen molar-refractivity contribution in [2.45, 2.75) is 13.2 Å². The van der Waals surface area contributed by atoms with E-state index >= 15 is 0 Å². The Hall–Kier alpha value is -0.275. The van der Waals surface area contributed by atoms with Crippen molar-refractivity contribution in [1.29, 1.82) is 0 Å².